The summed E-state index contributed by atoms with van der Waals surface area (Å²) in [6.07, 6.45) is 2.61. The van der Waals surface area contributed by atoms with E-state index < -0.39 is 0 Å². The summed E-state index contributed by atoms with van der Waals surface area (Å²) in [5.74, 6) is -0.439. The zero-order valence-corrected chi connectivity index (χ0v) is 16.0. The summed E-state index contributed by atoms with van der Waals surface area (Å²) < 4.78 is 4.97. The zero-order valence-electron chi connectivity index (χ0n) is 16.0. The molecule has 140 valence electrons. The smallest absolute Gasteiger partial charge is 0.302 e. The molecule has 1 aliphatic carbocycles. The van der Waals surface area contributed by atoms with Gasteiger partial charge in [-0.1, -0.05) is 44.2 Å². The molecule has 0 amide bonds. The fourth-order valence-corrected chi connectivity index (χ4v) is 3.55. The highest BCUT2D eigenvalue weighted by Gasteiger charge is 2.31. The van der Waals surface area contributed by atoms with Crippen LogP contribution in [0.15, 0.2) is 42.5 Å². The predicted octanol–water partition coefficient (Wildman–Crippen LogP) is 4.47. The quantitative estimate of drug-likeness (QED) is 0.478. The van der Waals surface area contributed by atoms with Gasteiger partial charge >= 0.3 is 5.97 Å². The van der Waals surface area contributed by atoms with Crippen LogP contribution in [0.1, 0.15) is 77.4 Å². The van der Waals surface area contributed by atoms with Crippen molar-refractivity contribution in [3.05, 3.63) is 70.3 Å². The Morgan fingerprint density at radius 2 is 1.48 bits per heavy atom. The van der Waals surface area contributed by atoms with Gasteiger partial charge in [0.2, 0.25) is 0 Å². The van der Waals surface area contributed by atoms with Crippen molar-refractivity contribution in [2.75, 3.05) is 6.61 Å². The summed E-state index contributed by atoms with van der Waals surface area (Å²) in [4.78, 5) is 36.4. The molecule has 0 saturated heterocycles. The number of unbranched alkanes of at least 4 members (excludes halogenated alkanes) is 1. The molecule has 0 fully saturated rings. The highest BCUT2D eigenvalue weighted by atomic mass is 16.5. The van der Waals surface area contributed by atoms with Crippen LogP contribution >= 0.6 is 0 Å². The largest absolute Gasteiger partial charge is 0.466 e. The van der Waals surface area contributed by atoms with E-state index in [-0.39, 0.29) is 23.0 Å². The van der Waals surface area contributed by atoms with Gasteiger partial charge in [-0.15, -0.1) is 0 Å². The first kappa shape index (κ1) is 19.0. The van der Waals surface area contributed by atoms with E-state index in [9.17, 15) is 14.4 Å². The monoisotopic (exact) mass is 364 g/mol. The van der Waals surface area contributed by atoms with Crippen molar-refractivity contribution in [1.29, 1.82) is 0 Å². The van der Waals surface area contributed by atoms with E-state index in [4.69, 9.17) is 4.74 Å². The molecule has 0 atom stereocenters. The lowest BCUT2D eigenvalue weighted by Gasteiger charge is -2.27. The molecule has 0 bridgehead atoms. The minimum absolute atomic E-state index is 0.0901. The Hall–Kier alpha value is -2.75. The third kappa shape index (κ3) is 3.85. The summed E-state index contributed by atoms with van der Waals surface area (Å²) >= 11 is 0. The highest BCUT2D eigenvalue weighted by molar-refractivity contribution is 6.28. The summed E-state index contributed by atoms with van der Waals surface area (Å²) in [6, 6.07) is 12.6. The molecule has 0 aliphatic heterocycles. The molecule has 2 aromatic rings. The molecule has 2 aromatic carbocycles. The van der Waals surface area contributed by atoms with Crippen LogP contribution in [-0.2, 0) is 14.9 Å². The first-order chi connectivity index (χ1) is 12.8. The molecule has 4 nitrogen and oxygen atoms in total. The lowest BCUT2D eigenvalue weighted by molar-refractivity contribution is -0.141. The number of carbonyl (C=O) groups excluding carboxylic acids is 3. The Morgan fingerprint density at radius 1 is 0.889 bits per heavy atom. The molecule has 1 aliphatic rings. The molecule has 0 heterocycles. The number of ketones is 2. The van der Waals surface area contributed by atoms with Crippen LogP contribution in [0.4, 0.5) is 0 Å². The van der Waals surface area contributed by atoms with E-state index in [0.29, 0.717) is 28.9 Å². The maximum Gasteiger partial charge on any atom is 0.302 e. The molecule has 27 heavy (non-hydrogen) atoms. The van der Waals surface area contributed by atoms with Crippen LogP contribution in [0, 0.1) is 0 Å². The fourth-order valence-electron chi connectivity index (χ4n) is 3.55. The lowest BCUT2D eigenvalue weighted by atomic mass is 9.76. The number of hydrogen-bond acceptors (Lipinski definition) is 4. The van der Waals surface area contributed by atoms with Gasteiger partial charge < -0.3 is 4.74 Å². The van der Waals surface area contributed by atoms with Gasteiger partial charge in [-0.3, -0.25) is 14.4 Å². The minimum atomic E-state index is -0.257. The van der Waals surface area contributed by atoms with Gasteiger partial charge in [0.05, 0.1) is 6.61 Å². The summed E-state index contributed by atoms with van der Waals surface area (Å²) in [7, 11) is 0. The molecule has 0 radical (unpaired) electrons. The van der Waals surface area contributed by atoms with Crippen molar-refractivity contribution in [2.45, 2.75) is 45.4 Å². The molecule has 3 rings (SSSR count). The van der Waals surface area contributed by atoms with E-state index >= 15 is 0 Å². The van der Waals surface area contributed by atoms with Gasteiger partial charge in [-0.2, -0.15) is 0 Å². The molecule has 4 heteroatoms. The third-order valence-corrected chi connectivity index (χ3v) is 5.21. The maximum absolute atomic E-state index is 12.9. The van der Waals surface area contributed by atoms with Crippen LogP contribution in [0.25, 0.3) is 0 Å². The van der Waals surface area contributed by atoms with Gasteiger partial charge in [-0.05, 0) is 42.4 Å². The van der Waals surface area contributed by atoms with Gasteiger partial charge in [0.1, 0.15) is 0 Å². The maximum atomic E-state index is 12.9. The van der Waals surface area contributed by atoms with E-state index in [2.05, 4.69) is 13.8 Å². The second-order valence-electron chi connectivity index (χ2n) is 7.65. The SMILES string of the molecule is CC(=O)OCCCCC(C)(C)c1ccc2c(c1)C(=O)c1ccccc1C2=O. The first-order valence-electron chi connectivity index (χ1n) is 9.27. The Bertz CT molecular complexity index is 908. The van der Waals surface area contributed by atoms with Crippen molar-refractivity contribution in [2.24, 2.45) is 0 Å². The zero-order chi connectivity index (χ0) is 19.6. The number of ether oxygens (including phenoxy) is 1. The number of benzene rings is 2. The Balaban J connectivity index is 1.80. The highest BCUT2D eigenvalue weighted by Crippen LogP contribution is 2.34. The van der Waals surface area contributed by atoms with E-state index in [1.165, 1.54) is 6.92 Å². The first-order valence-corrected chi connectivity index (χ1v) is 9.27. The topological polar surface area (TPSA) is 60.4 Å². The number of fused-ring (bicyclic) bond motifs is 2. The molecular weight excluding hydrogens is 340 g/mol. The molecule has 0 saturated carbocycles. The summed E-state index contributed by atoms with van der Waals surface area (Å²) in [6.45, 7) is 6.10. The number of hydrogen-bond donors (Lipinski definition) is 0. The molecule has 0 N–H and O–H groups in total. The number of carbonyl (C=O) groups is 3. The average Bonchev–Trinajstić information content (AvgIpc) is 2.65. The Labute approximate surface area is 159 Å². The van der Waals surface area contributed by atoms with Crippen molar-refractivity contribution in [3.63, 3.8) is 0 Å². The van der Waals surface area contributed by atoms with Gasteiger partial charge in [-0.25, -0.2) is 0 Å². The normalized spacial score (nSPS) is 13.1. The summed E-state index contributed by atoms with van der Waals surface area (Å²) in [5, 5.41) is 0. The fraction of sp³-hybridized carbons (Fsp3) is 0.348. The van der Waals surface area contributed by atoms with Crippen LogP contribution in [0.2, 0.25) is 0 Å². The molecular formula is C23H24O4. The van der Waals surface area contributed by atoms with Crippen molar-refractivity contribution >= 4 is 17.5 Å². The standard InChI is InChI=1S/C23H24O4/c1-15(24)27-13-7-6-12-23(2,3)16-10-11-19-20(14-16)22(26)18-9-5-4-8-17(18)21(19)25/h4-5,8-11,14H,6-7,12-13H2,1-3H3. The van der Waals surface area contributed by atoms with Crippen LogP contribution in [0.5, 0.6) is 0 Å². The third-order valence-electron chi connectivity index (χ3n) is 5.21. The van der Waals surface area contributed by atoms with E-state index in [1.807, 2.05) is 12.1 Å². The minimum Gasteiger partial charge on any atom is -0.466 e. The van der Waals surface area contributed by atoms with E-state index in [0.717, 1.165) is 24.8 Å². The van der Waals surface area contributed by atoms with Crippen molar-refractivity contribution in [3.8, 4) is 0 Å². The van der Waals surface area contributed by atoms with E-state index in [1.54, 1.807) is 30.3 Å². The van der Waals surface area contributed by atoms with Crippen molar-refractivity contribution in [1.82, 2.24) is 0 Å². The Kier molecular flexibility index (Phi) is 5.26. The Morgan fingerprint density at radius 3 is 2.11 bits per heavy atom. The molecule has 0 spiro atoms. The van der Waals surface area contributed by atoms with Crippen LogP contribution in [-0.4, -0.2) is 24.1 Å². The molecule has 0 aromatic heterocycles. The lowest BCUT2D eigenvalue weighted by Crippen LogP contribution is -2.23. The van der Waals surface area contributed by atoms with Crippen LogP contribution in [0.3, 0.4) is 0 Å². The van der Waals surface area contributed by atoms with Gasteiger partial charge in [0.25, 0.3) is 0 Å². The van der Waals surface area contributed by atoms with Gasteiger partial charge in [0, 0.05) is 29.2 Å². The summed E-state index contributed by atoms with van der Waals surface area (Å²) in [5.41, 5.74) is 2.82. The second kappa shape index (κ2) is 7.47. The molecule has 0 unspecified atom stereocenters. The predicted molar refractivity (Wildman–Crippen MR) is 103 cm³/mol. The van der Waals surface area contributed by atoms with Gasteiger partial charge in [0.15, 0.2) is 11.6 Å². The van der Waals surface area contributed by atoms with Crippen molar-refractivity contribution < 1.29 is 19.1 Å². The average molecular weight is 364 g/mol. The number of rotatable bonds is 6. The second-order valence-corrected chi connectivity index (χ2v) is 7.65. The van der Waals surface area contributed by atoms with Crippen LogP contribution < -0.4 is 0 Å². The number of esters is 1.